The number of aryl methyl sites for hydroxylation is 2. The van der Waals surface area contributed by atoms with Gasteiger partial charge in [-0.05, 0) is 56.9 Å². The van der Waals surface area contributed by atoms with Crippen molar-refractivity contribution in [1.82, 2.24) is 10.2 Å². The lowest BCUT2D eigenvalue weighted by atomic mass is 9.96. The minimum atomic E-state index is -0.612. The second kappa shape index (κ2) is 8.10. The van der Waals surface area contributed by atoms with Gasteiger partial charge in [-0.3, -0.25) is 4.79 Å². The molecule has 0 aliphatic carbocycles. The van der Waals surface area contributed by atoms with Crippen molar-refractivity contribution in [3.63, 3.8) is 0 Å². The van der Waals surface area contributed by atoms with Crippen LogP contribution in [0.5, 0.6) is 5.75 Å². The first-order chi connectivity index (χ1) is 15.4. The third-order valence-corrected chi connectivity index (χ3v) is 6.58. The normalized spacial score (nSPS) is 21.0. The van der Waals surface area contributed by atoms with Crippen LogP contribution in [-0.4, -0.2) is 42.1 Å². The van der Waals surface area contributed by atoms with Crippen molar-refractivity contribution in [1.29, 1.82) is 0 Å². The van der Waals surface area contributed by atoms with E-state index in [2.05, 4.69) is 11.4 Å². The molecule has 2 aromatic carbocycles. The number of piperazine rings is 1. The summed E-state index contributed by atoms with van der Waals surface area (Å²) in [6.07, 6.45) is 1.63. The molecular formula is C26H28N2O4. The topological polar surface area (TPSA) is 71.8 Å². The van der Waals surface area contributed by atoms with Crippen LogP contribution in [0, 0.1) is 13.8 Å². The molecule has 32 heavy (non-hydrogen) atoms. The predicted octanol–water partition coefficient (Wildman–Crippen LogP) is 3.81. The average molecular weight is 433 g/mol. The Hall–Kier alpha value is -3.12. The van der Waals surface area contributed by atoms with Gasteiger partial charge in [0.1, 0.15) is 11.3 Å². The molecule has 1 N–H and O–H groups in total. The fourth-order valence-electron chi connectivity index (χ4n) is 5.04. The highest BCUT2D eigenvalue weighted by atomic mass is 16.5. The maximum absolute atomic E-state index is 12.9. The molecule has 2 unspecified atom stereocenters. The highest BCUT2D eigenvalue weighted by Gasteiger charge is 2.36. The second-order valence-corrected chi connectivity index (χ2v) is 9.10. The van der Waals surface area contributed by atoms with Crippen LogP contribution in [0.2, 0.25) is 0 Å². The lowest BCUT2D eigenvalue weighted by molar-refractivity contribution is -0.139. The highest BCUT2D eigenvalue weighted by molar-refractivity contribution is 5.94. The third kappa shape index (κ3) is 3.91. The maximum Gasteiger partial charge on any atom is 0.336 e. The molecular weight excluding hydrogens is 404 g/mol. The quantitative estimate of drug-likeness (QED) is 0.635. The molecule has 2 bridgehead atoms. The number of fused-ring (bicyclic) bond motifs is 3. The van der Waals surface area contributed by atoms with E-state index in [1.807, 2.05) is 43.0 Å². The minimum absolute atomic E-state index is 0.00557. The average Bonchev–Trinajstić information content (AvgIpc) is 3.09. The van der Waals surface area contributed by atoms with Crippen LogP contribution in [0.25, 0.3) is 22.1 Å². The fourth-order valence-corrected chi connectivity index (χ4v) is 5.04. The molecule has 2 aliphatic rings. The summed E-state index contributed by atoms with van der Waals surface area (Å²) in [6, 6.07) is 13.9. The summed E-state index contributed by atoms with van der Waals surface area (Å²) in [5.74, 6) is 0.506. The lowest BCUT2D eigenvalue weighted by Crippen LogP contribution is -2.55. The van der Waals surface area contributed by atoms with Crippen molar-refractivity contribution in [2.75, 3.05) is 13.1 Å². The van der Waals surface area contributed by atoms with Gasteiger partial charge in [0.15, 0.2) is 6.10 Å². The summed E-state index contributed by atoms with van der Waals surface area (Å²) in [6.45, 7) is 7.32. The molecule has 6 heteroatoms. The lowest BCUT2D eigenvalue weighted by Gasteiger charge is -2.34. The number of nitrogens with one attached hydrogen (secondary N) is 1. The first-order valence-electron chi connectivity index (χ1n) is 11.2. The SMILES string of the molecule is Cc1ccc(-c2cc(=O)oc3cc(O[C@H](C)C(=O)N4CC5CCC(C4)N5)ccc23)c(C)c1. The van der Waals surface area contributed by atoms with E-state index in [4.69, 9.17) is 9.15 Å². The molecule has 0 spiro atoms. The number of amides is 1. The van der Waals surface area contributed by atoms with Gasteiger partial charge in [0.2, 0.25) is 0 Å². The molecule has 3 aromatic rings. The van der Waals surface area contributed by atoms with Gasteiger partial charge in [-0.2, -0.15) is 0 Å². The number of rotatable bonds is 4. The highest BCUT2D eigenvalue weighted by Crippen LogP contribution is 2.32. The molecule has 3 heterocycles. The van der Waals surface area contributed by atoms with Gasteiger partial charge in [0.25, 0.3) is 5.91 Å². The number of hydrogen-bond donors (Lipinski definition) is 1. The first-order valence-corrected chi connectivity index (χ1v) is 11.2. The van der Waals surface area contributed by atoms with E-state index in [0.29, 0.717) is 23.4 Å². The van der Waals surface area contributed by atoms with Crippen LogP contribution in [-0.2, 0) is 4.79 Å². The molecule has 166 valence electrons. The van der Waals surface area contributed by atoms with E-state index < -0.39 is 11.7 Å². The van der Waals surface area contributed by atoms with Crippen molar-refractivity contribution < 1.29 is 13.9 Å². The predicted molar refractivity (Wildman–Crippen MR) is 124 cm³/mol. The van der Waals surface area contributed by atoms with Crippen molar-refractivity contribution in [3.8, 4) is 16.9 Å². The van der Waals surface area contributed by atoms with Gasteiger partial charge in [-0.1, -0.05) is 23.8 Å². The number of hydrogen-bond acceptors (Lipinski definition) is 5. The molecule has 2 saturated heterocycles. The van der Waals surface area contributed by atoms with E-state index in [1.165, 1.54) is 11.6 Å². The summed E-state index contributed by atoms with van der Waals surface area (Å²) in [5.41, 5.74) is 4.14. The van der Waals surface area contributed by atoms with Crippen LogP contribution in [0.15, 0.2) is 51.7 Å². The largest absolute Gasteiger partial charge is 0.481 e. The summed E-state index contributed by atoms with van der Waals surface area (Å²) in [7, 11) is 0. The Bertz CT molecular complexity index is 1240. The smallest absolute Gasteiger partial charge is 0.336 e. The Labute approximate surface area is 187 Å². The standard InChI is InChI=1S/C26H28N2O4/c1-15-4-8-21(16(2)10-15)23-12-25(29)32-24-11-20(7-9-22(23)24)31-17(3)26(30)28-13-18-5-6-19(14-28)27-18/h4,7-12,17-19,27H,5-6,13-14H2,1-3H3/t17-,18?,19?/m1/s1. The number of ether oxygens (including phenoxy) is 1. The first kappa shape index (κ1) is 20.8. The number of carbonyl (C=O) groups excluding carboxylic acids is 1. The third-order valence-electron chi connectivity index (χ3n) is 6.58. The van der Waals surface area contributed by atoms with E-state index in [9.17, 15) is 9.59 Å². The van der Waals surface area contributed by atoms with Gasteiger partial charge >= 0.3 is 5.63 Å². The Morgan fingerprint density at radius 1 is 1.06 bits per heavy atom. The zero-order valence-electron chi connectivity index (χ0n) is 18.7. The Kier molecular flexibility index (Phi) is 5.25. The number of likely N-dealkylation sites (tertiary alicyclic amines) is 1. The summed E-state index contributed by atoms with van der Waals surface area (Å²) < 4.78 is 11.5. The molecule has 2 aliphatic heterocycles. The van der Waals surface area contributed by atoms with E-state index in [1.54, 1.807) is 13.0 Å². The number of carbonyl (C=O) groups is 1. The Morgan fingerprint density at radius 2 is 1.81 bits per heavy atom. The number of benzene rings is 2. The zero-order valence-corrected chi connectivity index (χ0v) is 18.7. The summed E-state index contributed by atoms with van der Waals surface area (Å²) in [5, 5.41) is 4.37. The molecule has 3 atom stereocenters. The molecule has 1 amide bonds. The molecule has 1 aromatic heterocycles. The van der Waals surface area contributed by atoms with E-state index in [-0.39, 0.29) is 5.91 Å². The Balaban J connectivity index is 1.41. The molecule has 0 saturated carbocycles. The van der Waals surface area contributed by atoms with Crippen LogP contribution in [0.3, 0.4) is 0 Å². The molecule has 6 nitrogen and oxygen atoms in total. The van der Waals surface area contributed by atoms with Crippen molar-refractivity contribution in [3.05, 3.63) is 64.0 Å². The fraction of sp³-hybridized carbons (Fsp3) is 0.385. The van der Waals surface area contributed by atoms with Gasteiger partial charge in [-0.25, -0.2) is 4.79 Å². The van der Waals surface area contributed by atoms with Gasteiger partial charge in [0.05, 0.1) is 0 Å². The van der Waals surface area contributed by atoms with Crippen LogP contribution in [0.4, 0.5) is 0 Å². The molecule has 2 fully saturated rings. The second-order valence-electron chi connectivity index (χ2n) is 9.10. The van der Waals surface area contributed by atoms with Crippen molar-refractivity contribution in [2.24, 2.45) is 0 Å². The van der Waals surface area contributed by atoms with Crippen LogP contribution < -0.4 is 15.7 Å². The van der Waals surface area contributed by atoms with Crippen molar-refractivity contribution in [2.45, 2.75) is 51.8 Å². The maximum atomic E-state index is 12.9. The van der Waals surface area contributed by atoms with Gasteiger partial charge in [-0.15, -0.1) is 0 Å². The zero-order chi connectivity index (χ0) is 22.4. The molecule has 5 rings (SSSR count). The summed E-state index contributed by atoms with van der Waals surface area (Å²) in [4.78, 5) is 27.1. The summed E-state index contributed by atoms with van der Waals surface area (Å²) >= 11 is 0. The molecule has 0 radical (unpaired) electrons. The van der Waals surface area contributed by atoms with Gasteiger partial charge < -0.3 is 19.4 Å². The minimum Gasteiger partial charge on any atom is -0.481 e. The monoisotopic (exact) mass is 432 g/mol. The van der Waals surface area contributed by atoms with E-state index >= 15 is 0 Å². The Morgan fingerprint density at radius 3 is 2.53 bits per heavy atom. The van der Waals surface area contributed by atoms with Crippen molar-refractivity contribution >= 4 is 16.9 Å². The number of nitrogens with zero attached hydrogens (tertiary/aromatic N) is 1. The van der Waals surface area contributed by atoms with Gasteiger partial charge in [0, 0.05) is 48.3 Å². The van der Waals surface area contributed by atoms with Crippen LogP contribution in [0.1, 0.15) is 30.9 Å². The van der Waals surface area contributed by atoms with Crippen LogP contribution >= 0.6 is 0 Å². The van der Waals surface area contributed by atoms with E-state index in [0.717, 1.165) is 48.0 Å².